The first-order valence-corrected chi connectivity index (χ1v) is 7.01. The molecule has 0 spiro atoms. The third-order valence-electron chi connectivity index (χ3n) is 5.37. The Kier molecular flexibility index (Phi) is 2.18. The van der Waals surface area contributed by atoms with E-state index in [9.17, 15) is 9.18 Å². The molecule has 94 valence electrons. The van der Waals surface area contributed by atoms with Crippen molar-refractivity contribution in [2.75, 3.05) is 0 Å². The minimum absolute atomic E-state index is 0.239. The zero-order valence-corrected chi connectivity index (χ0v) is 10.3. The van der Waals surface area contributed by atoms with Gasteiger partial charge in [0.05, 0.1) is 0 Å². The topological polar surface area (TPSA) is 17.1 Å². The third-order valence-corrected chi connectivity index (χ3v) is 5.37. The van der Waals surface area contributed by atoms with Crippen molar-refractivity contribution in [2.24, 2.45) is 29.6 Å². The van der Waals surface area contributed by atoms with Gasteiger partial charge in [-0.3, -0.25) is 4.79 Å². The lowest BCUT2D eigenvalue weighted by Gasteiger charge is -2.07. The fraction of sp³-hybridized carbons (Fsp3) is 0.562. The second-order valence-corrected chi connectivity index (χ2v) is 6.29. The molecule has 1 aromatic rings. The first kappa shape index (κ1) is 10.7. The molecule has 3 aliphatic rings. The van der Waals surface area contributed by atoms with Crippen molar-refractivity contribution in [3.05, 3.63) is 35.6 Å². The highest BCUT2D eigenvalue weighted by Crippen LogP contribution is 2.69. The van der Waals surface area contributed by atoms with Crippen molar-refractivity contribution in [1.29, 1.82) is 0 Å². The van der Waals surface area contributed by atoms with Crippen LogP contribution in [0.5, 0.6) is 0 Å². The average Bonchev–Trinajstić information content (AvgIpc) is 2.79. The largest absolute Gasteiger partial charge is 0.299 e. The molecule has 0 aromatic heterocycles. The molecule has 4 unspecified atom stereocenters. The van der Waals surface area contributed by atoms with Crippen molar-refractivity contribution in [1.82, 2.24) is 0 Å². The Bertz CT molecular complexity index is 494. The summed E-state index contributed by atoms with van der Waals surface area (Å²) in [6.45, 7) is 0. The van der Waals surface area contributed by atoms with Crippen LogP contribution < -0.4 is 0 Å². The number of rotatable bonds is 3. The molecule has 4 atom stereocenters. The first-order valence-electron chi connectivity index (χ1n) is 7.01. The number of carbonyl (C=O) groups is 1. The molecule has 0 heterocycles. The molecule has 2 bridgehead atoms. The number of ketones is 1. The van der Waals surface area contributed by atoms with E-state index in [4.69, 9.17) is 0 Å². The summed E-state index contributed by atoms with van der Waals surface area (Å²) in [5.74, 6) is 3.50. The molecule has 0 amide bonds. The minimum Gasteiger partial charge on any atom is -0.299 e. The molecule has 0 radical (unpaired) electrons. The van der Waals surface area contributed by atoms with Crippen LogP contribution in [0.25, 0.3) is 0 Å². The Morgan fingerprint density at radius 3 is 2.61 bits per heavy atom. The van der Waals surface area contributed by atoms with Crippen molar-refractivity contribution in [3.63, 3.8) is 0 Å². The average molecular weight is 244 g/mol. The van der Waals surface area contributed by atoms with Gasteiger partial charge in [0.15, 0.2) is 0 Å². The summed E-state index contributed by atoms with van der Waals surface area (Å²) in [5, 5.41) is 0. The quantitative estimate of drug-likeness (QED) is 0.797. The molecule has 3 aliphatic carbocycles. The maximum absolute atomic E-state index is 13.1. The van der Waals surface area contributed by atoms with Crippen LogP contribution in [-0.2, 0) is 11.2 Å². The third kappa shape index (κ3) is 1.47. The molecule has 3 saturated carbocycles. The molecule has 0 saturated heterocycles. The maximum Gasteiger partial charge on any atom is 0.140 e. The predicted molar refractivity (Wildman–Crippen MR) is 66.4 cm³/mol. The number of hydrogen-bond donors (Lipinski definition) is 0. The second kappa shape index (κ2) is 3.66. The zero-order valence-electron chi connectivity index (χ0n) is 10.3. The molecule has 3 fully saturated rings. The fourth-order valence-corrected chi connectivity index (χ4v) is 4.72. The van der Waals surface area contributed by atoms with E-state index in [-0.39, 0.29) is 5.82 Å². The van der Waals surface area contributed by atoms with Crippen LogP contribution >= 0.6 is 0 Å². The van der Waals surface area contributed by atoms with Crippen LogP contribution in [0, 0.1) is 35.4 Å². The van der Waals surface area contributed by atoms with Gasteiger partial charge in [0, 0.05) is 12.3 Å². The lowest BCUT2D eigenvalue weighted by Crippen LogP contribution is -2.12. The van der Waals surface area contributed by atoms with Gasteiger partial charge in [-0.15, -0.1) is 0 Å². The van der Waals surface area contributed by atoms with E-state index >= 15 is 0 Å². The van der Waals surface area contributed by atoms with E-state index in [1.54, 1.807) is 6.07 Å². The highest BCUT2D eigenvalue weighted by atomic mass is 19.1. The van der Waals surface area contributed by atoms with E-state index in [1.165, 1.54) is 31.4 Å². The molecule has 0 aliphatic heterocycles. The monoisotopic (exact) mass is 244 g/mol. The highest BCUT2D eigenvalue weighted by molar-refractivity contribution is 5.86. The number of carbonyl (C=O) groups excluding carboxylic acids is 1. The number of Topliss-reactive ketones (excluding diaryl/α,β-unsaturated/α-hetero) is 1. The van der Waals surface area contributed by atoms with Crippen LogP contribution in [0.1, 0.15) is 24.8 Å². The van der Waals surface area contributed by atoms with Crippen LogP contribution in [0.2, 0.25) is 0 Å². The summed E-state index contributed by atoms with van der Waals surface area (Å²) in [5.41, 5.74) is 0.831. The molecular formula is C16H17FO. The van der Waals surface area contributed by atoms with Gasteiger partial charge in [-0.2, -0.15) is 0 Å². The Balaban J connectivity index is 1.47. The van der Waals surface area contributed by atoms with Gasteiger partial charge in [-0.1, -0.05) is 12.1 Å². The summed E-state index contributed by atoms with van der Waals surface area (Å²) in [4.78, 5) is 12.3. The summed E-state index contributed by atoms with van der Waals surface area (Å²) in [6.07, 6.45) is 4.49. The Labute approximate surface area is 106 Å². The molecule has 0 N–H and O–H groups in total. The normalized spacial score (nSPS) is 39.7. The Morgan fingerprint density at radius 2 is 1.94 bits per heavy atom. The van der Waals surface area contributed by atoms with Gasteiger partial charge in [0.2, 0.25) is 0 Å². The van der Waals surface area contributed by atoms with E-state index in [1.807, 2.05) is 6.07 Å². The van der Waals surface area contributed by atoms with Gasteiger partial charge in [-0.05, 0) is 60.6 Å². The zero-order chi connectivity index (χ0) is 12.3. The van der Waals surface area contributed by atoms with E-state index in [0.717, 1.165) is 17.4 Å². The maximum atomic E-state index is 13.1. The van der Waals surface area contributed by atoms with Crippen LogP contribution in [-0.4, -0.2) is 5.78 Å². The summed E-state index contributed by atoms with van der Waals surface area (Å²) < 4.78 is 13.1. The molecular weight excluding hydrogens is 227 g/mol. The summed E-state index contributed by atoms with van der Waals surface area (Å²) in [6, 6.07) is 6.47. The number of halogens is 1. The van der Waals surface area contributed by atoms with Crippen LogP contribution in [0.15, 0.2) is 24.3 Å². The molecule has 2 heteroatoms. The molecule has 4 rings (SSSR count). The Hall–Kier alpha value is -1.18. The Morgan fingerprint density at radius 1 is 1.22 bits per heavy atom. The van der Waals surface area contributed by atoms with Crippen LogP contribution in [0.4, 0.5) is 4.39 Å². The fourth-order valence-electron chi connectivity index (χ4n) is 4.72. The predicted octanol–water partition coefficient (Wildman–Crippen LogP) is 3.23. The standard InChI is InChI=1S/C16H17FO/c17-12-3-1-2-9(6-12)7-13(18)16-14-10-4-5-11(8-10)15(14)16/h1-3,6,10-11,14-16H,4-5,7-8H2. The lowest BCUT2D eigenvalue weighted by atomic mass is 9.96. The van der Waals surface area contributed by atoms with Crippen molar-refractivity contribution in [3.8, 4) is 0 Å². The van der Waals surface area contributed by atoms with Gasteiger partial charge >= 0.3 is 0 Å². The number of fused-ring (bicyclic) bond motifs is 5. The van der Waals surface area contributed by atoms with Gasteiger partial charge in [0.25, 0.3) is 0 Å². The van der Waals surface area contributed by atoms with E-state index < -0.39 is 0 Å². The molecule has 1 aromatic carbocycles. The van der Waals surface area contributed by atoms with Gasteiger partial charge < -0.3 is 0 Å². The van der Waals surface area contributed by atoms with Gasteiger partial charge in [0.1, 0.15) is 11.6 Å². The summed E-state index contributed by atoms with van der Waals surface area (Å²) >= 11 is 0. The SMILES string of the molecule is O=C(Cc1cccc(F)c1)C1C2C3CCC(C3)C12. The minimum atomic E-state index is -0.239. The number of hydrogen-bond acceptors (Lipinski definition) is 1. The summed E-state index contributed by atoms with van der Waals surface area (Å²) in [7, 11) is 0. The van der Waals surface area contributed by atoms with E-state index in [0.29, 0.717) is 30.0 Å². The first-order chi connectivity index (χ1) is 8.74. The van der Waals surface area contributed by atoms with Crippen molar-refractivity contribution < 1.29 is 9.18 Å². The van der Waals surface area contributed by atoms with Crippen molar-refractivity contribution >= 4 is 5.78 Å². The lowest BCUT2D eigenvalue weighted by molar-refractivity contribution is -0.120. The molecule has 1 nitrogen and oxygen atoms in total. The highest BCUT2D eigenvalue weighted by Gasteiger charge is 2.66. The van der Waals surface area contributed by atoms with Crippen molar-refractivity contribution in [2.45, 2.75) is 25.7 Å². The second-order valence-electron chi connectivity index (χ2n) is 6.29. The number of benzene rings is 1. The molecule has 18 heavy (non-hydrogen) atoms. The van der Waals surface area contributed by atoms with Gasteiger partial charge in [-0.25, -0.2) is 4.39 Å². The van der Waals surface area contributed by atoms with E-state index in [2.05, 4.69) is 0 Å². The van der Waals surface area contributed by atoms with Crippen LogP contribution in [0.3, 0.4) is 0 Å². The smallest absolute Gasteiger partial charge is 0.140 e.